The second-order valence-electron chi connectivity index (χ2n) is 5.95. The lowest BCUT2D eigenvalue weighted by Gasteiger charge is -2.07. The molecule has 4 rings (SSSR count). The van der Waals surface area contributed by atoms with Gasteiger partial charge in [-0.1, -0.05) is 23.7 Å². The molecule has 132 valence electrons. The van der Waals surface area contributed by atoms with Gasteiger partial charge >= 0.3 is 0 Å². The van der Waals surface area contributed by atoms with E-state index in [4.69, 9.17) is 16.3 Å². The molecule has 0 saturated carbocycles. The van der Waals surface area contributed by atoms with Crippen molar-refractivity contribution < 1.29 is 4.74 Å². The Labute approximate surface area is 155 Å². The van der Waals surface area contributed by atoms with Crippen LogP contribution in [0.5, 0.6) is 5.75 Å². The van der Waals surface area contributed by atoms with Crippen LogP contribution in [0.4, 0.5) is 11.6 Å². The van der Waals surface area contributed by atoms with E-state index >= 15 is 0 Å². The zero-order valence-electron chi connectivity index (χ0n) is 14.5. The standard InChI is InChI=1S/C18H17ClN6O/c1-10-4-5-11(8-15(10)26-3)17-22-18(25(2)24-17)21-14-7-6-13-12(16(14)19)9-20-23-13/h4-9H,1-3H3,(H,20,23)(H,21,22,24). The van der Waals surface area contributed by atoms with Gasteiger partial charge in [0.05, 0.1) is 29.5 Å². The number of fused-ring (bicyclic) bond motifs is 1. The molecule has 7 nitrogen and oxygen atoms in total. The van der Waals surface area contributed by atoms with Gasteiger partial charge in [-0.15, -0.1) is 5.10 Å². The summed E-state index contributed by atoms with van der Waals surface area (Å²) in [6, 6.07) is 9.69. The minimum atomic E-state index is 0.581. The van der Waals surface area contributed by atoms with Crippen molar-refractivity contribution in [1.29, 1.82) is 0 Å². The van der Waals surface area contributed by atoms with Crippen LogP contribution in [-0.2, 0) is 7.05 Å². The van der Waals surface area contributed by atoms with Crippen LogP contribution in [0.2, 0.25) is 5.02 Å². The Morgan fingerprint density at radius 1 is 1.23 bits per heavy atom. The SMILES string of the molecule is COc1cc(-c2nc(Nc3ccc4[nH]ncc4c3Cl)n(C)n2)ccc1C. The Hall–Kier alpha value is -3.06. The predicted molar refractivity (Wildman–Crippen MR) is 102 cm³/mol. The molecule has 0 saturated heterocycles. The number of anilines is 2. The second-order valence-corrected chi connectivity index (χ2v) is 6.33. The molecular weight excluding hydrogens is 352 g/mol. The van der Waals surface area contributed by atoms with E-state index in [1.165, 1.54) is 0 Å². The second kappa shape index (κ2) is 6.34. The molecule has 0 aliphatic heterocycles. The fraction of sp³-hybridized carbons (Fsp3) is 0.167. The summed E-state index contributed by atoms with van der Waals surface area (Å²) in [6.45, 7) is 2.00. The highest BCUT2D eigenvalue weighted by atomic mass is 35.5. The first-order valence-electron chi connectivity index (χ1n) is 8.01. The normalized spacial score (nSPS) is 11.1. The molecule has 2 N–H and O–H groups in total. The van der Waals surface area contributed by atoms with E-state index in [-0.39, 0.29) is 0 Å². The minimum absolute atomic E-state index is 0.581. The van der Waals surface area contributed by atoms with Crippen LogP contribution in [0.15, 0.2) is 36.5 Å². The average molecular weight is 369 g/mol. The summed E-state index contributed by atoms with van der Waals surface area (Å²) in [5, 5.41) is 16.1. The van der Waals surface area contributed by atoms with Crippen molar-refractivity contribution in [2.24, 2.45) is 7.05 Å². The molecular formula is C18H17ClN6O. The number of rotatable bonds is 4. The third-order valence-corrected chi connectivity index (χ3v) is 4.64. The number of ether oxygens (including phenoxy) is 1. The number of aromatic amines is 1. The largest absolute Gasteiger partial charge is 0.496 e. The van der Waals surface area contributed by atoms with Crippen LogP contribution >= 0.6 is 11.6 Å². The number of benzene rings is 2. The highest BCUT2D eigenvalue weighted by Gasteiger charge is 2.14. The minimum Gasteiger partial charge on any atom is -0.496 e. The van der Waals surface area contributed by atoms with Crippen molar-refractivity contribution in [3.63, 3.8) is 0 Å². The Balaban J connectivity index is 1.69. The summed E-state index contributed by atoms with van der Waals surface area (Å²) in [5.41, 5.74) is 3.56. The molecule has 0 bridgehead atoms. The molecule has 8 heteroatoms. The zero-order valence-corrected chi connectivity index (χ0v) is 15.3. The highest BCUT2D eigenvalue weighted by Crippen LogP contribution is 2.32. The van der Waals surface area contributed by atoms with Crippen LogP contribution in [0.1, 0.15) is 5.56 Å². The number of H-pyrrole nitrogens is 1. The Morgan fingerprint density at radius 3 is 2.88 bits per heavy atom. The molecule has 0 unspecified atom stereocenters. The molecule has 0 aliphatic carbocycles. The predicted octanol–water partition coefficient (Wildman–Crippen LogP) is 4.07. The van der Waals surface area contributed by atoms with Gasteiger partial charge in [-0.05, 0) is 30.7 Å². The van der Waals surface area contributed by atoms with Crippen LogP contribution in [0, 0.1) is 6.92 Å². The van der Waals surface area contributed by atoms with Crippen molar-refractivity contribution in [1.82, 2.24) is 25.0 Å². The molecule has 26 heavy (non-hydrogen) atoms. The monoisotopic (exact) mass is 368 g/mol. The summed E-state index contributed by atoms with van der Waals surface area (Å²) in [5.74, 6) is 2.00. The first-order chi connectivity index (χ1) is 12.6. The van der Waals surface area contributed by atoms with Gasteiger partial charge in [0.25, 0.3) is 0 Å². The highest BCUT2D eigenvalue weighted by molar-refractivity contribution is 6.38. The van der Waals surface area contributed by atoms with Crippen molar-refractivity contribution in [2.75, 3.05) is 12.4 Å². The summed E-state index contributed by atoms with van der Waals surface area (Å²) in [4.78, 5) is 4.59. The topological polar surface area (TPSA) is 80.6 Å². The number of aromatic nitrogens is 5. The molecule has 0 radical (unpaired) electrons. The molecule has 0 fully saturated rings. The number of nitrogens with one attached hydrogen (secondary N) is 2. The van der Waals surface area contributed by atoms with E-state index in [1.807, 2.05) is 44.3 Å². The van der Waals surface area contributed by atoms with Crippen molar-refractivity contribution >= 4 is 34.1 Å². The van der Waals surface area contributed by atoms with Gasteiger partial charge in [-0.2, -0.15) is 10.1 Å². The third kappa shape index (κ3) is 2.76. The number of aryl methyl sites for hydroxylation is 2. The van der Waals surface area contributed by atoms with Crippen LogP contribution in [0.25, 0.3) is 22.3 Å². The first kappa shape index (κ1) is 16.4. The quantitative estimate of drug-likeness (QED) is 0.567. The van der Waals surface area contributed by atoms with E-state index in [2.05, 4.69) is 25.6 Å². The molecule has 0 aliphatic rings. The van der Waals surface area contributed by atoms with Gasteiger partial charge in [0.15, 0.2) is 5.82 Å². The van der Waals surface area contributed by atoms with Gasteiger partial charge in [-0.25, -0.2) is 4.68 Å². The maximum Gasteiger partial charge on any atom is 0.225 e. The molecule has 4 aromatic rings. The number of halogens is 1. The van der Waals surface area contributed by atoms with E-state index in [0.29, 0.717) is 16.8 Å². The van der Waals surface area contributed by atoms with Crippen molar-refractivity contribution in [3.05, 3.63) is 47.1 Å². The van der Waals surface area contributed by atoms with E-state index < -0.39 is 0 Å². The van der Waals surface area contributed by atoms with Crippen LogP contribution in [0.3, 0.4) is 0 Å². The van der Waals surface area contributed by atoms with Crippen LogP contribution in [-0.4, -0.2) is 32.1 Å². The molecule has 0 spiro atoms. The van der Waals surface area contributed by atoms with Crippen molar-refractivity contribution in [3.8, 4) is 17.1 Å². The lowest BCUT2D eigenvalue weighted by molar-refractivity contribution is 0.412. The zero-order chi connectivity index (χ0) is 18.3. The lowest BCUT2D eigenvalue weighted by atomic mass is 10.1. The summed E-state index contributed by atoms with van der Waals surface area (Å²) >= 11 is 6.47. The maximum absolute atomic E-state index is 6.47. The number of hydrogen-bond acceptors (Lipinski definition) is 5. The molecule has 2 heterocycles. The van der Waals surface area contributed by atoms with Gasteiger partial charge < -0.3 is 10.1 Å². The fourth-order valence-electron chi connectivity index (χ4n) is 2.77. The third-order valence-electron chi connectivity index (χ3n) is 4.23. The van der Waals surface area contributed by atoms with Gasteiger partial charge in [0.2, 0.25) is 5.95 Å². The average Bonchev–Trinajstić information content (AvgIpc) is 3.25. The van der Waals surface area contributed by atoms with Crippen LogP contribution < -0.4 is 10.1 Å². The number of methoxy groups -OCH3 is 1. The van der Waals surface area contributed by atoms with Crippen molar-refractivity contribution in [2.45, 2.75) is 6.92 Å². The molecule has 0 amide bonds. The fourth-order valence-corrected chi connectivity index (χ4v) is 3.04. The molecule has 0 atom stereocenters. The maximum atomic E-state index is 6.47. The summed E-state index contributed by atoms with van der Waals surface area (Å²) in [6.07, 6.45) is 1.70. The number of nitrogens with zero attached hydrogens (tertiary/aromatic N) is 4. The van der Waals surface area contributed by atoms with Gasteiger partial charge in [-0.3, -0.25) is 5.10 Å². The Morgan fingerprint density at radius 2 is 2.08 bits per heavy atom. The summed E-state index contributed by atoms with van der Waals surface area (Å²) in [7, 11) is 3.48. The summed E-state index contributed by atoms with van der Waals surface area (Å²) < 4.78 is 7.06. The molecule has 2 aromatic carbocycles. The van der Waals surface area contributed by atoms with Gasteiger partial charge in [0, 0.05) is 18.0 Å². The first-order valence-corrected chi connectivity index (χ1v) is 8.39. The lowest BCUT2D eigenvalue weighted by Crippen LogP contribution is -2.00. The van der Waals surface area contributed by atoms with E-state index in [0.717, 1.165) is 33.5 Å². The smallest absolute Gasteiger partial charge is 0.225 e. The Kier molecular flexibility index (Phi) is 4.00. The molecule has 2 aromatic heterocycles. The van der Waals surface area contributed by atoms with Gasteiger partial charge in [0.1, 0.15) is 5.75 Å². The van der Waals surface area contributed by atoms with E-state index in [9.17, 15) is 0 Å². The van der Waals surface area contributed by atoms with E-state index in [1.54, 1.807) is 18.0 Å². The number of hydrogen-bond donors (Lipinski definition) is 2. The Bertz CT molecular complexity index is 1100.